The van der Waals surface area contributed by atoms with Crippen LogP contribution in [0, 0.1) is 5.92 Å². The molecule has 0 aliphatic carbocycles. The van der Waals surface area contributed by atoms with Crippen LogP contribution in [0.5, 0.6) is 5.75 Å². The Morgan fingerprint density at radius 3 is 2.45 bits per heavy atom. The first-order valence-corrected chi connectivity index (χ1v) is 11.7. The summed E-state index contributed by atoms with van der Waals surface area (Å²) in [7, 11) is -3.59. The third-order valence-corrected chi connectivity index (χ3v) is 6.20. The van der Waals surface area contributed by atoms with Crippen LogP contribution in [0.15, 0.2) is 54.6 Å². The quantitative estimate of drug-likeness (QED) is 0.695. The van der Waals surface area contributed by atoms with Crippen LogP contribution >= 0.6 is 0 Å². The highest BCUT2D eigenvalue weighted by Gasteiger charge is 2.26. The number of likely N-dealkylation sites (tertiary alicyclic amines) is 1. The fraction of sp³-hybridized carbons (Fsp3) is 0.409. The second kappa shape index (κ2) is 9.31. The van der Waals surface area contributed by atoms with Crippen molar-refractivity contribution in [3.05, 3.63) is 60.2 Å². The number of benzene rings is 2. The van der Waals surface area contributed by atoms with Crippen molar-refractivity contribution in [2.45, 2.75) is 26.4 Å². The number of hydrogen-bond donors (Lipinski definition) is 0. The molecule has 1 heterocycles. The van der Waals surface area contributed by atoms with Crippen LogP contribution in [0.2, 0.25) is 0 Å². The summed E-state index contributed by atoms with van der Waals surface area (Å²) in [6, 6.07) is 16.6. The zero-order chi connectivity index (χ0) is 20.9. The Morgan fingerprint density at radius 2 is 1.83 bits per heavy atom. The van der Waals surface area contributed by atoms with Gasteiger partial charge in [-0.15, -0.1) is 0 Å². The van der Waals surface area contributed by atoms with Gasteiger partial charge in [0.15, 0.2) is 0 Å². The van der Waals surface area contributed by atoms with Crippen molar-refractivity contribution in [1.82, 2.24) is 4.90 Å². The fourth-order valence-corrected chi connectivity index (χ4v) is 4.34. The Kier molecular flexibility index (Phi) is 6.79. The minimum absolute atomic E-state index is 0.161. The summed E-state index contributed by atoms with van der Waals surface area (Å²) in [6.07, 6.45) is 3.18. The van der Waals surface area contributed by atoms with E-state index in [2.05, 4.69) is 6.92 Å². The van der Waals surface area contributed by atoms with Gasteiger partial charge in [0.2, 0.25) is 15.9 Å². The van der Waals surface area contributed by atoms with Gasteiger partial charge in [-0.2, -0.15) is 0 Å². The zero-order valence-electron chi connectivity index (χ0n) is 17.0. The molecule has 0 radical (unpaired) electrons. The molecule has 3 rings (SSSR count). The highest BCUT2D eigenvalue weighted by atomic mass is 32.2. The molecule has 6 nitrogen and oxygen atoms in total. The predicted molar refractivity (Wildman–Crippen MR) is 114 cm³/mol. The molecule has 1 fully saturated rings. The van der Waals surface area contributed by atoms with E-state index >= 15 is 0 Å². The molecule has 0 saturated carbocycles. The lowest BCUT2D eigenvalue weighted by atomic mass is 10.0. The first-order chi connectivity index (χ1) is 13.8. The molecule has 1 aliphatic heterocycles. The first-order valence-electron chi connectivity index (χ1n) is 9.85. The molecule has 29 heavy (non-hydrogen) atoms. The molecule has 0 bridgehead atoms. The zero-order valence-corrected chi connectivity index (χ0v) is 17.8. The lowest BCUT2D eigenvalue weighted by Gasteiger charge is -2.33. The van der Waals surface area contributed by atoms with Gasteiger partial charge in [-0.1, -0.05) is 37.3 Å². The van der Waals surface area contributed by atoms with Crippen LogP contribution in [0.25, 0.3) is 0 Å². The summed E-state index contributed by atoms with van der Waals surface area (Å²) < 4.78 is 31.6. The summed E-state index contributed by atoms with van der Waals surface area (Å²) in [5, 5.41) is 0. The SMILES string of the molecule is CC1CCCN(C(=O)CN(c2ccc(OCc3ccccc3)cc2)S(C)(=O)=O)C1. The first kappa shape index (κ1) is 21.2. The van der Waals surface area contributed by atoms with Crippen molar-refractivity contribution in [2.24, 2.45) is 5.92 Å². The normalized spacial score (nSPS) is 17.0. The molecule has 2 aromatic rings. The molecule has 1 aliphatic rings. The summed E-state index contributed by atoms with van der Waals surface area (Å²) in [5.41, 5.74) is 1.51. The van der Waals surface area contributed by atoms with E-state index in [1.807, 2.05) is 30.3 Å². The summed E-state index contributed by atoms with van der Waals surface area (Å²) >= 11 is 0. The number of ether oxygens (including phenoxy) is 1. The van der Waals surface area contributed by atoms with Crippen molar-refractivity contribution in [3.63, 3.8) is 0 Å². The van der Waals surface area contributed by atoms with Gasteiger partial charge in [-0.05, 0) is 48.6 Å². The van der Waals surface area contributed by atoms with E-state index in [-0.39, 0.29) is 12.5 Å². The third-order valence-electron chi connectivity index (χ3n) is 5.06. The average molecular weight is 417 g/mol. The number of anilines is 1. The van der Waals surface area contributed by atoms with Gasteiger partial charge in [0.25, 0.3) is 0 Å². The van der Waals surface area contributed by atoms with Crippen molar-refractivity contribution in [3.8, 4) is 5.75 Å². The van der Waals surface area contributed by atoms with Crippen molar-refractivity contribution < 1.29 is 17.9 Å². The van der Waals surface area contributed by atoms with Crippen LogP contribution in [-0.4, -0.2) is 45.1 Å². The lowest BCUT2D eigenvalue weighted by molar-refractivity contribution is -0.131. The smallest absolute Gasteiger partial charge is 0.243 e. The molecule has 1 saturated heterocycles. The van der Waals surface area contributed by atoms with Crippen LogP contribution in [-0.2, 0) is 21.4 Å². The second-order valence-electron chi connectivity index (χ2n) is 7.62. The van der Waals surface area contributed by atoms with Crippen molar-refractivity contribution in [2.75, 3.05) is 30.2 Å². The van der Waals surface area contributed by atoms with Gasteiger partial charge in [-0.25, -0.2) is 8.42 Å². The van der Waals surface area contributed by atoms with Gasteiger partial charge < -0.3 is 9.64 Å². The van der Waals surface area contributed by atoms with Crippen LogP contribution < -0.4 is 9.04 Å². The number of piperidine rings is 1. The monoisotopic (exact) mass is 416 g/mol. The average Bonchev–Trinajstić information content (AvgIpc) is 2.71. The number of amides is 1. The van der Waals surface area contributed by atoms with E-state index in [4.69, 9.17) is 4.74 Å². The largest absolute Gasteiger partial charge is 0.489 e. The minimum Gasteiger partial charge on any atom is -0.489 e. The van der Waals surface area contributed by atoms with Gasteiger partial charge in [-0.3, -0.25) is 9.10 Å². The van der Waals surface area contributed by atoms with E-state index in [9.17, 15) is 13.2 Å². The third kappa shape index (κ3) is 5.97. The summed E-state index contributed by atoms with van der Waals surface area (Å²) in [6.45, 7) is 3.73. The van der Waals surface area contributed by atoms with Crippen LogP contribution in [0.4, 0.5) is 5.69 Å². The van der Waals surface area contributed by atoms with E-state index in [0.717, 1.165) is 29.0 Å². The molecule has 1 unspecified atom stereocenters. The van der Waals surface area contributed by atoms with Crippen LogP contribution in [0.3, 0.4) is 0 Å². The van der Waals surface area contributed by atoms with Gasteiger partial charge in [0.05, 0.1) is 11.9 Å². The standard InChI is InChI=1S/C22H28N2O4S/c1-18-7-6-14-23(15-18)22(25)16-24(29(2,26)27)20-10-12-21(13-11-20)28-17-19-8-4-3-5-9-19/h3-5,8-13,18H,6-7,14-17H2,1-2H3. The highest BCUT2D eigenvalue weighted by molar-refractivity contribution is 7.92. The minimum atomic E-state index is -3.59. The molecular formula is C22H28N2O4S. The number of carbonyl (C=O) groups excluding carboxylic acids is 1. The predicted octanol–water partition coefficient (Wildman–Crippen LogP) is 3.29. The maximum absolute atomic E-state index is 12.7. The number of hydrogen-bond acceptors (Lipinski definition) is 4. The Morgan fingerprint density at radius 1 is 1.14 bits per heavy atom. The molecule has 1 atom stereocenters. The molecule has 7 heteroatoms. The molecule has 0 spiro atoms. The number of nitrogens with zero attached hydrogens (tertiary/aromatic N) is 2. The van der Waals surface area contributed by atoms with Gasteiger partial charge in [0, 0.05) is 13.1 Å². The van der Waals surface area contributed by atoms with Crippen molar-refractivity contribution in [1.29, 1.82) is 0 Å². The topological polar surface area (TPSA) is 66.9 Å². The van der Waals surface area contributed by atoms with Crippen molar-refractivity contribution >= 4 is 21.6 Å². The van der Waals surface area contributed by atoms with E-state index in [1.165, 1.54) is 0 Å². The lowest BCUT2D eigenvalue weighted by Crippen LogP contribution is -2.46. The van der Waals surface area contributed by atoms with Crippen LogP contribution in [0.1, 0.15) is 25.3 Å². The Balaban J connectivity index is 1.68. The molecule has 0 N–H and O–H groups in total. The molecule has 1 amide bonds. The Bertz CT molecular complexity index is 914. The fourth-order valence-electron chi connectivity index (χ4n) is 3.49. The van der Waals surface area contributed by atoms with E-state index in [1.54, 1.807) is 29.2 Å². The maximum atomic E-state index is 12.7. The molecule has 0 aromatic heterocycles. The van der Waals surface area contributed by atoms with Gasteiger partial charge in [0.1, 0.15) is 18.9 Å². The molecule has 156 valence electrons. The Hall–Kier alpha value is -2.54. The summed E-state index contributed by atoms with van der Waals surface area (Å²) in [4.78, 5) is 14.5. The number of sulfonamides is 1. The maximum Gasteiger partial charge on any atom is 0.243 e. The van der Waals surface area contributed by atoms with E-state index in [0.29, 0.717) is 37.1 Å². The molecular weight excluding hydrogens is 388 g/mol. The van der Waals surface area contributed by atoms with Gasteiger partial charge >= 0.3 is 0 Å². The number of rotatable bonds is 7. The highest BCUT2D eigenvalue weighted by Crippen LogP contribution is 2.23. The second-order valence-corrected chi connectivity index (χ2v) is 9.53. The summed E-state index contributed by atoms with van der Waals surface area (Å²) in [5.74, 6) is 0.925. The molecule has 2 aromatic carbocycles. The van der Waals surface area contributed by atoms with E-state index < -0.39 is 10.0 Å². The number of carbonyl (C=O) groups is 1. The Labute approximate surface area is 173 Å².